The minimum Gasteiger partial charge on any atom is -0.495 e. The molecule has 1 aliphatic heterocycles. The van der Waals surface area contributed by atoms with Crippen LogP contribution in [0.5, 0.6) is 5.75 Å². The average Bonchev–Trinajstić information content (AvgIpc) is 3.48. The van der Waals surface area contributed by atoms with E-state index in [4.69, 9.17) is 17.0 Å². The van der Waals surface area contributed by atoms with E-state index in [2.05, 4.69) is 48.4 Å². The van der Waals surface area contributed by atoms with Crippen molar-refractivity contribution in [3.63, 3.8) is 0 Å². The Bertz CT molecular complexity index is 1380. The molecule has 1 saturated heterocycles. The molecule has 36 heavy (non-hydrogen) atoms. The van der Waals surface area contributed by atoms with E-state index in [9.17, 15) is 4.79 Å². The lowest BCUT2D eigenvalue weighted by atomic mass is 10.0. The van der Waals surface area contributed by atoms with Gasteiger partial charge in [-0.2, -0.15) is 0 Å². The minimum absolute atomic E-state index is 0.180. The maximum absolute atomic E-state index is 11.8. The number of aromatic nitrogens is 3. The van der Waals surface area contributed by atoms with Crippen LogP contribution in [0, 0.1) is 0 Å². The van der Waals surface area contributed by atoms with Gasteiger partial charge in [0.15, 0.2) is 5.11 Å². The van der Waals surface area contributed by atoms with Crippen LogP contribution in [-0.4, -0.2) is 32.7 Å². The lowest BCUT2D eigenvalue weighted by Gasteiger charge is -2.29. The Morgan fingerprint density at radius 3 is 2.75 bits per heavy atom. The Morgan fingerprint density at radius 2 is 2.03 bits per heavy atom. The number of nitrogens with one attached hydrogen (secondary N) is 2. The van der Waals surface area contributed by atoms with Gasteiger partial charge < -0.3 is 24.8 Å². The van der Waals surface area contributed by atoms with Crippen LogP contribution in [-0.2, 0) is 11.3 Å². The molecule has 2 atom stereocenters. The van der Waals surface area contributed by atoms with Crippen molar-refractivity contribution >= 4 is 34.6 Å². The number of nitrogens with zero attached hydrogens (tertiary/aromatic N) is 4. The Kier molecular flexibility index (Phi) is 6.64. The third-order valence-corrected chi connectivity index (χ3v) is 6.43. The second kappa shape index (κ2) is 10.2. The first kappa shape index (κ1) is 23.5. The lowest BCUT2D eigenvalue weighted by molar-refractivity contribution is -0.114. The molecule has 4 heterocycles. The van der Waals surface area contributed by atoms with E-state index in [1.807, 2.05) is 54.7 Å². The van der Waals surface area contributed by atoms with E-state index in [1.165, 1.54) is 6.92 Å². The van der Waals surface area contributed by atoms with Crippen LogP contribution in [0.3, 0.4) is 0 Å². The smallest absolute Gasteiger partial charge is 0.221 e. The number of carbonyl (C=O) groups is 1. The number of pyridine rings is 2. The number of anilines is 2. The summed E-state index contributed by atoms with van der Waals surface area (Å²) >= 11 is 5.87. The molecule has 1 fully saturated rings. The van der Waals surface area contributed by atoms with Crippen LogP contribution in [0.4, 0.5) is 11.4 Å². The van der Waals surface area contributed by atoms with Gasteiger partial charge in [-0.05, 0) is 66.3 Å². The van der Waals surface area contributed by atoms with E-state index in [0.717, 1.165) is 22.6 Å². The topological polar surface area (TPSA) is 84.3 Å². The van der Waals surface area contributed by atoms with Gasteiger partial charge in [0.1, 0.15) is 11.8 Å². The highest BCUT2D eigenvalue weighted by Gasteiger charge is 2.42. The number of thiocarbonyl (C=S) groups is 1. The molecule has 5 rings (SSSR count). The second-order valence-electron chi connectivity index (χ2n) is 8.48. The number of methoxy groups -OCH3 is 1. The largest absolute Gasteiger partial charge is 0.495 e. The molecular weight excluding hydrogens is 472 g/mol. The van der Waals surface area contributed by atoms with E-state index in [0.29, 0.717) is 23.1 Å². The molecule has 1 aliphatic rings. The SMILES string of the molecule is COc1ccc(N2C(=S)N[C@H](c3ccccn3)[C@H]2c2cccn2Cc2cccnc2)cc1NC(C)=O. The van der Waals surface area contributed by atoms with E-state index >= 15 is 0 Å². The zero-order valence-corrected chi connectivity index (χ0v) is 20.8. The highest BCUT2D eigenvalue weighted by molar-refractivity contribution is 7.80. The van der Waals surface area contributed by atoms with Gasteiger partial charge in [-0.1, -0.05) is 12.1 Å². The summed E-state index contributed by atoms with van der Waals surface area (Å²) in [6.07, 6.45) is 7.50. The molecular formula is C27H26N6O2S. The molecule has 0 aliphatic carbocycles. The van der Waals surface area contributed by atoms with Crippen LogP contribution in [0.2, 0.25) is 0 Å². The minimum atomic E-state index is -0.197. The summed E-state index contributed by atoms with van der Waals surface area (Å²) in [4.78, 5) is 22.8. The number of ether oxygens (including phenoxy) is 1. The van der Waals surface area contributed by atoms with Crippen LogP contribution < -0.4 is 20.3 Å². The maximum Gasteiger partial charge on any atom is 0.221 e. The van der Waals surface area contributed by atoms with Gasteiger partial charge in [-0.15, -0.1) is 0 Å². The molecule has 2 N–H and O–H groups in total. The van der Waals surface area contributed by atoms with Crippen LogP contribution in [0.15, 0.2) is 85.5 Å². The predicted octanol–water partition coefficient (Wildman–Crippen LogP) is 4.47. The molecule has 8 nitrogen and oxygen atoms in total. The van der Waals surface area contributed by atoms with Gasteiger partial charge >= 0.3 is 0 Å². The van der Waals surface area contributed by atoms with Crippen molar-refractivity contribution in [1.82, 2.24) is 19.9 Å². The molecule has 1 aromatic carbocycles. The standard InChI is InChI=1S/C27H26N6O2S/c1-18(34)30-22-15-20(10-11-24(22)35-2)33-26(25(31-27(33)36)21-8-3-4-13-29-21)23-9-6-14-32(23)17-19-7-5-12-28-16-19/h3-16,25-26H,17H2,1-2H3,(H,30,34)(H,31,36)/t25-,26-/m1/s1. The predicted molar refractivity (Wildman–Crippen MR) is 143 cm³/mol. The van der Waals surface area contributed by atoms with Crippen molar-refractivity contribution in [2.45, 2.75) is 25.6 Å². The first-order chi connectivity index (χ1) is 17.5. The van der Waals surface area contributed by atoms with Crippen molar-refractivity contribution in [3.8, 4) is 5.75 Å². The number of hydrogen-bond donors (Lipinski definition) is 2. The summed E-state index contributed by atoms with van der Waals surface area (Å²) in [5, 5.41) is 6.92. The van der Waals surface area contributed by atoms with Gasteiger partial charge in [0.2, 0.25) is 5.91 Å². The summed E-state index contributed by atoms with van der Waals surface area (Å²) in [6.45, 7) is 2.14. The highest BCUT2D eigenvalue weighted by Crippen LogP contribution is 2.43. The zero-order valence-electron chi connectivity index (χ0n) is 20.0. The molecule has 0 unspecified atom stereocenters. The molecule has 0 bridgehead atoms. The number of carbonyl (C=O) groups excluding carboxylic acids is 1. The maximum atomic E-state index is 11.8. The van der Waals surface area contributed by atoms with Crippen molar-refractivity contribution in [3.05, 3.63) is 102 Å². The van der Waals surface area contributed by atoms with Gasteiger partial charge in [-0.25, -0.2) is 0 Å². The van der Waals surface area contributed by atoms with E-state index < -0.39 is 0 Å². The van der Waals surface area contributed by atoms with Crippen molar-refractivity contribution in [2.24, 2.45) is 0 Å². The number of rotatable bonds is 7. The third kappa shape index (κ3) is 4.65. The number of amides is 1. The van der Waals surface area contributed by atoms with Crippen molar-refractivity contribution in [1.29, 1.82) is 0 Å². The molecule has 0 radical (unpaired) electrons. The summed E-state index contributed by atoms with van der Waals surface area (Å²) in [6, 6.07) is 19.3. The van der Waals surface area contributed by atoms with Gasteiger partial charge in [0.25, 0.3) is 0 Å². The van der Waals surface area contributed by atoms with Crippen LogP contribution >= 0.6 is 12.2 Å². The van der Waals surface area contributed by atoms with Gasteiger partial charge in [-0.3, -0.25) is 14.8 Å². The van der Waals surface area contributed by atoms with Gasteiger partial charge in [0.05, 0.1) is 24.5 Å². The third-order valence-electron chi connectivity index (χ3n) is 6.11. The lowest BCUT2D eigenvalue weighted by Crippen LogP contribution is -2.30. The molecule has 0 spiro atoms. The molecule has 1 amide bonds. The van der Waals surface area contributed by atoms with E-state index in [-0.39, 0.29) is 18.0 Å². The van der Waals surface area contributed by atoms with Crippen molar-refractivity contribution < 1.29 is 9.53 Å². The summed E-state index contributed by atoms with van der Waals surface area (Å²) in [5.74, 6) is 0.394. The van der Waals surface area contributed by atoms with E-state index in [1.54, 1.807) is 19.5 Å². The van der Waals surface area contributed by atoms with Gasteiger partial charge in [0, 0.05) is 49.6 Å². The van der Waals surface area contributed by atoms with Crippen LogP contribution in [0.25, 0.3) is 0 Å². The summed E-state index contributed by atoms with van der Waals surface area (Å²) in [7, 11) is 1.58. The Hall–Kier alpha value is -4.24. The normalized spacial score (nSPS) is 17.1. The quantitative estimate of drug-likeness (QED) is 0.364. The fourth-order valence-corrected chi connectivity index (χ4v) is 4.94. The monoisotopic (exact) mass is 498 g/mol. The fraction of sp³-hybridized carbons (Fsp3) is 0.185. The molecule has 4 aromatic rings. The Balaban J connectivity index is 1.61. The molecule has 0 saturated carbocycles. The molecule has 9 heteroatoms. The number of hydrogen-bond acceptors (Lipinski definition) is 5. The molecule has 3 aromatic heterocycles. The number of benzene rings is 1. The summed E-state index contributed by atoms with van der Waals surface area (Å²) in [5.41, 5.74) is 4.46. The Labute approximate surface area is 215 Å². The Morgan fingerprint density at radius 1 is 1.14 bits per heavy atom. The second-order valence-corrected chi connectivity index (χ2v) is 8.87. The fourth-order valence-electron chi connectivity index (χ4n) is 4.59. The zero-order chi connectivity index (χ0) is 25.1. The summed E-state index contributed by atoms with van der Waals surface area (Å²) < 4.78 is 7.67. The molecule has 182 valence electrons. The first-order valence-corrected chi connectivity index (χ1v) is 12.0. The average molecular weight is 499 g/mol. The van der Waals surface area contributed by atoms with Crippen molar-refractivity contribution in [2.75, 3.05) is 17.3 Å². The highest BCUT2D eigenvalue weighted by atomic mass is 32.1. The van der Waals surface area contributed by atoms with Crippen LogP contribution in [0.1, 0.15) is 36.0 Å². The first-order valence-electron chi connectivity index (χ1n) is 11.6.